The minimum Gasteiger partial charge on any atom is -0.0757 e. The normalized spacial score (nSPS) is 12.8. The van der Waals surface area contributed by atoms with E-state index in [2.05, 4.69) is 376 Å². The molecular weight excluding hydrogens is 1250 g/mol. The van der Waals surface area contributed by atoms with Crippen LogP contribution in [0.15, 0.2) is 376 Å². The van der Waals surface area contributed by atoms with Crippen molar-refractivity contribution in [1.82, 2.24) is 0 Å². The van der Waals surface area contributed by atoms with Crippen molar-refractivity contribution in [2.75, 3.05) is 0 Å². The van der Waals surface area contributed by atoms with Gasteiger partial charge in [-0.15, -0.1) is 0 Å². The number of hydrogen-bond acceptors (Lipinski definition) is 0. The summed E-state index contributed by atoms with van der Waals surface area (Å²) in [7, 11) is 0. The molecule has 0 bridgehead atoms. The van der Waals surface area contributed by atoms with Crippen LogP contribution in [0.3, 0.4) is 0 Å². The average molecular weight is 1320 g/mol. The minimum atomic E-state index is 1.06. The second-order valence-electron chi connectivity index (χ2n) is 28.1. The third-order valence-corrected chi connectivity index (χ3v) is 22.4. The first-order valence-electron chi connectivity index (χ1n) is 36.7. The lowest BCUT2D eigenvalue weighted by atomic mass is 9.80. The molecule has 486 valence electrons. The predicted molar refractivity (Wildman–Crippen MR) is 447 cm³/mol. The molecule has 21 rings (SSSR count). The molecule has 0 aromatic heterocycles. The van der Waals surface area contributed by atoms with Gasteiger partial charge in [-0.3, -0.25) is 0 Å². The van der Waals surface area contributed by atoms with Crippen molar-refractivity contribution in [1.29, 1.82) is 0 Å². The maximum Gasteiger partial charge on any atom is -0.00235 e. The van der Waals surface area contributed by atoms with E-state index in [0.29, 0.717) is 0 Å². The summed E-state index contributed by atoms with van der Waals surface area (Å²) in [6, 6.07) is 135. The molecule has 0 heterocycles. The Balaban J connectivity index is 0.000000139. The van der Waals surface area contributed by atoms with E-state index >= 15 is 0 Å². The zero-order valence-electron chi connectivity index (χ0n) is 57.6. The van der Waals surface area contributed by atoms with Gasteiger partial charge in [-0.25, -0.2) is 0 Å². The number of hydrogen-bond donors (Lipinski definition) is 0. The lowest BCUT2D eigenvalue weighted by Gasteiger charge is -2.23. The molecular formula is C104H70. The lowest BCUT2D eigenvalue weighted by Crippen LogP contribution is -2.02. The van der Waals surface area contributed by atoms with E-state index in [-0.39, 0.29) is 0 Å². The van der Waals surface area contributed by atoms with E-state index in [1.54, 1.807) is 0 Å². The summed E-state index contributed by atoms with van der Waals surface area (Å²) in [5.41, 5.74) is 26.1. The molecule has 0 spiro atoms. The monoisotopic (exact) mass is 1320 g/mol. The Bertz CT molecular complexity index is 6580. The largest absolute Gasteiger partial charge is 0.0757 e. The summed E-state index contributed by atoms with van der Waals surface area (Å²) >= 11 is 0. The maximum absolute atomic E-state index is 2.46. The Hall–Kier alpha value is -13.0. The average Bonchev–Trinajstić information content (AvgIpc) is 0.765. The van der Waals surface area contributed by atoms with Crippen molar-refractivity contribution in [3.63, 3.8) is 0 Å². The Kier molecular flexibility index (Phi) is 15.0. The molecule has 0 saturated heterocycles. The smallest absolute Gasteiger partial charge is 0.00235 e. The van der Waals surface area contributed by atoms with Crippen molar-refractivity contribution in [3.05, 3.63) is 410 Å². The van der Waals surface area contributed by atoms with Crippen LogP contribution in [0.4, 0.5) is 0 Å². The Morgan fingerprint density at radius 1 is 0.154 bits per heavy atom. The van der Waals surface area contributed by atoms with Crippen LogP contribution in [0, 0.1) is 0 Å². The summed E-state index contributed by atoms with van der Waals surface area (Å²) in [4.78, 5) is 0. The van der Waals surface area contributed by atoms with Crippen LogP contribution in [-0.2, 0) is 12.8 Å². The molecule has 0 atom stereocenters. The van der Waals surface area contributed by atoms with Gasteiger partial charge in [0.05, 0.1) is 0 Å². The van der Waals surface area contributed by atoms with E-state index in [1.165, 1.54) is 208 Å². The van der Waals surface area contributed by atoms with Gasteiger partial charge in [0.1, 0.15) is 0 Å². The van der Waals surface area contributed by atoms with Gasteiger partial charge in [-0.2, -0.15) is 0 Å². The van der Waals surface area contributed by atoms with Gasteiger partial charge in [0.2, 0.25) is 0 Å². The highest BCUT2D eigenvalue weighted by atomic mass is 14.3. The molecule has 0 heteroatoms. The summed E-state index contributed by atoms with van der Waals surface area (Å²) in [5, 5.41) is 23.0. The van der Waals surface area contributed by atoms with Crippen molar-refractivity contribution < 1.29 is 0 Å². The molecule has 0 saturated carbocycles. The molecule has 19 aromatic carbocycles. The third-order valence-electron chi connectivity index (χ3n) is 22.4. The lowest BCUT2D eigenvalue weighted by molar-refractivity contribution is 0.978. The van der Waals surface area contributed by atoms with E-state index in [0.717, 1.165) is 25.7 Å². The van der Waals surface area contributed by atoms with Crippen molar-refractivity contribution >= 4 is 108 Å². The molecule has 0 amide bonds. The van der Waals surface area contributed by atoms with Crippen LogP contribution in [0.5, 0.6) is 0 Å². The molecule has 104 heavy (non-hydrogen) atoms. The summed E-state index contributed by atoms with van der Waals surface area (Å²) in [6.07, 6.45) is 9.24. The van der Waals surface area contributed by atoms with Gasteiger partial charge in [0.25, 0.3) is 0 Å². The highest BCUT2D eigenvalue weighted by molar-refractivity contribution is 6.25. The molecule has 0 unspecified atom stereocenters. The van der Waals surface area contributed by atoms with Crippen LogP contribution in [0.2, 0.25) is 0 Å². The van der Waals surface area contributed by atoms with Crippen molar-refractivity contribution in [2.45, 2.75) is 25.7 Å². The first-order chi connectivity index (χ1) is 51.6. The first-order valence-corrected chi connectivity index (χ1v) is 36.7. The molecule has 0 N–H and O–H groups in total. The van der Waals surface area contributed by atoms with Gasteiger partial charge in [0.15, 0.2) is 0 Å². The maximum atomic E-state index is 2.46. The second kappa shape index (κ2) is 25.6. The van der Waals surface area contributed by atoms with Crippen LogP contribution in [0.25, 0.3) is 175 Å². The van der Waals surface area contributed by atoms with E-state index < -0.39 is 0 Å². The fourth-order valence-corrected chi connectivity index (χ4v) is 17.8. The summed E-state index contributed by atoms with van der Waals surface area (Å²) in [5.74, 6) is 0. The quantitative estimate of drug-likeness (QED) is 0.133. The van der Waals surface area contributed by atoms with Gasteiger partial charge >= 0.3 is 0 Å². The van der Waals surface area contributed by atoms with Gasteiger partial charge in [-0.05, 0) is 246 Å². The highest BCUT2D eigenvalue weighted by Crippen LogP contribution is 2.50. The zero-order valence-corrected chi connectivity index (χ0v) is 57.6. The van der Waals surface area contributed by atoms with Crippen molar-refractivity contribution in [2.24, 2.45) is 0 Å². The molecule has 0 fully saturated rings. The summed E-state index contributed by atoms with van der Waals surface area (Å²) in [6.45, 7) is 0. The molecule has 19 aromatic rings. The van der Waals surface area contributed by atoms with Gasteiger partial charge in [-0.1, -0.05) is 364 Å². The van der Waals surface area contributed by atoms with Crippen LogP contribution in [0.1, 0.15) is 46.2 Å². The number of rotatable bonds is 8. The molecule has 0 nitrogen and oxygen atoms in total. The SMILES string of the molecule is C1=C(c2c3ccccc3c(-c3ccc(-c4c5ccccc5c(-c5ccc6ccccc6c5)c5ccccc45)cc3)c3ccccc23)c2ccccc2CC1.C1=C(c2ccc(-c3ccc(-c4c5ccccc5c(-c5ccc6ccccc6c5)c5ccccc45)cc3)c3ccccc23)c2ccccc2CC1. The van der Waals surface area contributed by atoms with Crippen LogP contribution < -0.4 is 0 Å². The fourth-order valence-electron chi connectivity index (χ4n) is 17.8. The Morgan fingerprint density at radius 2 is 0.413 bits per heavy atom. The van der Waals surface area contributed by atoms with Crippen LogP contribution in [-0.4, -0.2) is 0 Å². The summed E-state index contributed by atoms with van der Waals surface area (Å²) < 4.78 is 0. The Labute approximate surface area is 606 Å². The highest BCUT2D eigenvalue weighted by Gasteiger charge is 2.25. The van der Waals surface area contributed by atoms with Gasteiger partial charge in [0, 0.05) is 0 Å². The number of benzene rings is 19. The van der Waals surface area contributed by atoms with Crippen LogP contribution >= 0.6 is 0 Å². The fraction of sp³-hybridized carbons (Fsp3) is 0.0385. The third kappa shape index (κ3) is 10.3. The Morgan fingerprint density at radius 3 is 0.798 bits per heavy atom. The minimum absolute atomic E-state index is 1.06. The molecule has 2 aliphatic rings. The van der Waals surface area contributed by atoms with E-state index in [9.17, 15) is 0 Å². The predicted octanol–water partition coefficient (Wildman–Crippen LogP) is 28.5. The van der Waals surface area contributed by atoms with Gasteiger partial charge < -0.3 is 0 Å². The first kappa shape index (κ1) is 60.9. The zero-order chi connectivity index (χ0) is 68.6. The standard InChI is InChI=1S/C54H36.C50H34/c1-2-16-39-34-40(33-28-35(39)14-1)53-45-21-7-5-19-43(45)51(44-20-6-8-22-46(44)53)37-29-31-38(32-30-37)52-47-23-9-11-25-49(47)54(50-26-12-10-24-48(50)52)42-27-13-17-36-15-3-4-18-41(36)42;1-2-14-37-32-38(29-24-33(37)12-1)50-47-21-9-7-19-45(47)49(46-20-8-10-22-48(46)50)36-27-25-35(26-28-36)40-30-31-44(43-18-6-5-17-41(40)43)42-23-11-15-34-13-3-4-16-39(34)42/h1-12,14-16,18-34H,13,17H2;1-10,12-14,16-32H,11,15H2. The second-order valence-corrected chi connectivity index (χ2v) is 28.1. The van der Waals surface area contributed by atoms with E-state index in [4.69, 9.17) is 0 Å². The molecule has 0 radical (unpaired) electrons. The molecule has 0 aliphatic heterocycles. The number of aryl methyl sites for hydroxylation is 2. The molecule has 2 aliphatic carbocycles. The van der Waals surface area contributed by atoms with Crippen molar-refractivity contribution in [3.8, 4) is 66.8 Å². The number of fused-ring (bicyclic) bond motifs is 11. The van der Waals surface area contributed by atoms with E-state index in [1.807, 2.05) is 0 Å². The topological polar surface area (TPSA) is 0 Å². The number of allylic oxidation sites excluding steroid dienone is 2.